The van der Waals surface area contributed by atoms with Crippen LogP contribution in [0.3, 0.4) is 0 Å². The molecule has 1 aliphatic rings. The van der Waals surface area contributed by atoms with Gasteiger partial charge in [0.15, 0.2) is 0 Å². The van der Waals surface area contributed by atoms with Gasteiger partial charge in [0.1, 0.15) is 0 Å². The summed E-state index contributed by atoms with van der Waals surface area (Å²) < 4.78 is 5.41. The Morgan fingerprint density at radius 3 is 2.71 bits per heavy atom. The van der Waals surface area contributed by atoms with Crippen LogP contribution in [0.4, 0.5) is 0 Å². The van der Waals surface area contributed by atoms with Gasteiger partial charge in [-0.05, 0) is 39.2 Å². The van der Waals surface area contributed by atoms with Crippen LogP contribution in [0.1, 0.15) is 26.7 Å². The van der Waals surface area contributed by atoms with E-state index < -0.39 is 0 Å². The lowest BCUT2D eigenvalue weighted by Crippen LogP contribution is -2.31. The molecule has 0 saturated carbocycles. The van der Waals surface area contributed by atoms with Crippen LogP contribution in [0.5, 0.6) is 0 Å². The Labute approximate surface area is 96.1 Å². The molecule has 1 unspecified atom stereocenters. The van der Waals surface area contributed by atoms with Gasteiger partial charge in [0.05, 0.1) is 5.60 Å². The summed E-state index contributed by atoms with van der Waals surface area (Å²) in [6.07, 6.45) is 2.47. The van der Waals surface area contributed by atoms with Crippen LogP contribution in [0.2, 0.25) is 0 Å². The van der Waals surface area contributed by atoms with Gasteiger partial charge in [0.2, 0.25) is 0 Å². The van der Waals surface area contributed by atoms with Crippen molar-refractivity contribution in [2.45, 2.75) is 32.3 Å². The summed E-state index contributed by atoms with van der Waals surface area (Å²) in [5.74, 6) is 0.862. The zero-order chi connectivity index (χ0) is 10.6. The van der Waals surface area contributed by atoms with Crippen LogP contribution in [-0.2, 0) is 4.74 Å². The molecule has 1 fully saturated rings. The number of alkyl halides is 1. The van der Waals surface area contributed by atoms with Gasteiger partial charge >= 0.3 is 0 Å². The quantitative estimate of drug-likeness (QED) is 0.707. The molecule has 0 amide bonds. The molecule has 84 valence electrons. The van der Waals surface area contributed by atoms with Crippen LogP contribution >= 0.6 is 15.9 Å². The van der Waals surface area contributed by atoms with Gasteiger partial charge in [0, 0.05) is 25.5 Å². The van der Waals surface area contributed by atoms with Crippen molar-refractivity contribution in [3.05, 3.63) is 0 Å². The van der Waals surface area contributed by atoms with Gasteiger partial charge in [-0.1, -0.05) is 15.9 Å². The first-order chi connectivity index (χ1) is 6.57. The first-order valence-electron chi connectivity index (χ1n) is 5.41. The van der Waals surface area contributed by atoms with Crippen molar-refractivity contribution in [1.82, 2.24) is 4.90 Å². The number of nitrogens with zero attached hydrogens (tertiary/aromatic N) is 1. The van der Waals surface area contributed by atoms with Crippen molar-refractivity contribution >= 4 is 15.9 Å². The maximum Gasteiger partial charge on any atom is 0.0634 e. The minimum Gasteiger partial charge on any atom is -0.379 e. The van der Waals surface area contributed by atoms with Crippen LogP contribution < -0.4 is 0 Å². The summed E-state index contributed by atoms with van der Waals surface area (Å²) in [4.78, 5) is 2.55. The first kappa shape index (κ1) is 12.5. The lowest BCUT2D eigenvalue weighted by atomic mass is 10.1. The Bertz CT molecular complexity index is 173. The van der Waals surface area contributed by atoms with Gasteiger partial charge in [-0.25, -0.2) is 0 Å². The van der Waals surface area contributed by atoms with Crippen LogP contribution in [0.25, 0.3) is 0 Å². The Morgan fingerprint density at radius 2 is 2.21 bits per heavy atom. The maximum absolute atomic E-state index is 5.41. The summed E-state index contributed by atoms with van der Waals surface area (Å²) in [7, 11) is 1.80. The minimum atomic E-state index is 0.0342. The zero-order valence-electron chi connectivity index (χ0n) is 9.55. The zero-order valence-corrected chi connectivity index (χ0v) is 11.1. The molecule has 0 aliphatic carbocycles. The SMILES string of the molecule is COC(C)(C)CCN1CCC(CBr)C1. The lowest BCUT2D eigenvalue weighted by molar-refractivity contribution is 0.00883. The second-order valence-electron chi connectivity index (χ2n) is 4.82. The van der Waals surface area contributed by atoms with E-state index in [1.54, 1.807) is 7.11 Å². The van der Waals surface area contributed by atoms with Crippen LogP contribution in [-0.4, -0.2) is 42.6 Å². The van der Waals surface area contributed by atoms with E-state index >= 15 is 0 Å². The molecule has 1 saturated heterocycles. The molecule has 0 aromatic heterocycles. The van der Waals surface area contributed by atoms with Crippen molar-refractivity contribution in [3.63, 3.8) is 0 Å². The monoisotopic (exact) mass is 263 g/mol. The molecule has 14 heavy (non-hydrogen) atoms. The normalized spacial score (nSPS) is 24.4. The van der Waals surface area contributed by atoms with E-state index in [2.05, 4.69) is 34.7 Å². The molecule has 1 aliphatic heterocycles. The number of likely N-dealkylation sites (tertiary alicyclic amines) is 1. The van der Waals surface area contributed by atoms with Crippen molar-refractivity contribution < 1.29 is 4.74 Å². The third-order valence-electron chi connectivity index (χ3n) is 3.17. The van der Waals surface area contributed by atoms with Crippen molar-refractivity contribution in [1.29, 1.82) is 0 Å². The van der Waals surface area contributed by atoms with Gasteiger partial charge < -0.3 is 9.64 Å². The first-order valence-corrected chi connectivity index (χ1v) is 6.53. The van der Waals surface area contributed by atoms with Crippen molar-refractivity contribution in [2.75, 3.05) is 32.1 Å². The highest BCUT2D eigenvalue weighted by Crippen LogP contribution is 2.20. The lowest BCUT2D eigenvalue weighted by Gasteiger charge is -2.26. The third kappa shape index (κ3) is 3.87. The Balaban J connectivity index is 2.20. The van der Waals surface area contributed by atoms with Gasteiger partial charge in [-0.2, -0.15) is 0 Å². The highest BCUT2D eigenvalue weighted by molar-refractivity contribution is 9.09. The predicted molar refractivity (Wildman–Crippen MR) is 64.0 cm³/mol. The topological polar surface area (TPSA) is 12.5 Å². The average Bonchev–Trinajstić information content (AvgIpc) is 2.63. The highest BCUT2D eigenvalue weighted by Gasteiger charge is 2.24. The molecule has 0 spiro atoms. The molecule has 0 aromatic carbocycles. The van der Waals surface area contributed by atoms with Crippen molar-refractivity contribution in [3.8, 4) is 0 Å². The van der Waals surface area contributed by atoms with Gasteiger partial charge in [0.25, 0.3) is 0 Å². The van der Waals surface area contributed by atoms with E-state index in [4.69, 9.17) is 4.74 Å². The molecule has 1 atom stereocenters. The van der Waals surface area contributed by atoms with E-state index in [1.165, 1.54) is 26.1 Å². The molecule has 0 radical (unpaired) electrons. The fourth-order valence-electron chi connectivity index (χ4n) is 1.77. The summed E-state index contributed by atoms with van der Waals surface area (Å²) in [5.41, 5.74) is 0.0342. The van der Waals surface area contributed by atoms with E-state index in [-0.39, 0.29) is 5.60 Å². The number of ether oxygens (including phenoxy) is 1. The third-order valence-corrected chi connectivity index (χ3v) is 4.09. The molecule has 1 heterocycles. The fourth-order valence-corrected chi connectivity index (χ4v) is 2.30. The van der Waals surface area contributed by atoms with E-state index in [0.29, 0.717) is 0 Å². The molecule has 0 N–H and O–H groups in total. The Kier molecular flexibility index (Phi) is 4.88. The highest BCUT2D eigenvalue weighted by atomic mass is 79.9. The molecule has 0 aromatic rings. The number of rotatable bonds is 5. The van der Waals surface area contributed by atoms with E-state index in [0.717, 1.165) is 17.7 Å². The van der Waals surface area contributed by atoms with Crippen LogP contribution in [0, 0.1) is 5.92 Å². The Hall–Kier alpha value is 0.400. The standard InChI is InChI=1S/C11H22BrNO/c1-11(2,14-3)5-7-13-6-4-10(8-12)9-13/h10H,4-9H2,1-3H3. The molecule has 1 rings (SSSR count). The average molecular weight is 264 g/mol. The van der Waals surface area contributed by atoms with Crippen molar-refractivity contribution in [2.24, 2.45) is 5.92 Å². The molecular formula is C11H22BrNO. The fraction of sp³-hybridized carbons (Fsp3) is 1.00. The smallest absolute Gasteiger partial charge is 0.0634 e. The number of hydrogen-bond acceptors (Lipinski definition) is 2. The molecular weight excluding hydrogens is 242 g/mol. The number of hydrogen-bond donors (Lipinski definition) is 0. The predicted octanol–water partition coefficient (Wildman–Crippen LogP) is 2.52. The van der Waals surface area contributed by atoms with Gasteiger partial charge in [-0.3, -0.25) is 0 Å². The maximum atomic E-state index is 5.41. The van der Waals surface area contributed by atoms with E-state index in [1.807, 2.05) is 0 Å². The molecule has 2 nitrogen and oxygen atoms in total. The summed E-state index contributed by atoms with van der Waals surface area (Å²) in [5, 5.41) is 1.15. The second kappa shape index (κ2) is 5.47. The second-order valence-corrected chi connectivity index (χ2v) is 5.47. The summed E-state index contributed by atoms with van der Waals surface area (Å²) >= 11 is 3.56. The largest absolute Gasteiger partial charge is 0.379 e. The van der Waals surface area contributed by atoms with Crippen LogP contribution in [0.15, 0.2) is 0 Å². The number of methoxy groups -OCH3 is 1. The molecule has 0 bridgehead atoms. The minimum absolute atomic E-state index is 0.0342. The molecule has 3 heteroatoms. The summed E-state index contributed by atoms with van der Waals surface area (Å²) in [6, 6.07) is 0. The Morgan fingerprint density at radius 1 is 1.50 bits per heavy atom. The summed E-state index contributed by atoms with van der Waals surface area (Å²) in [6.45, 7) is 8.00. The van der Waals surface area contributed by atoms with E-state index in [9.17, 15) is 0 Å². The van der Waals surface area contributed by atoms with Gasteiger partial charge in [-0.15, -0.1) is 0 Å². The number of halogens is 1.